The van der Waals surface area contributed by atoms with Crippen molar-refractivity contribution in [1.82, 2.24) is 0 Å². The molecule has 0 fully saturated rings. The Hall–Kier alpha value is -2.62. The van der Waals surface area contributed by atoms with E-state index in [2.05, 4.69) is 60.7 Å². The molecule has 30 heavy (non-hydrogen) atoms. The van der Waals surface area contributed by atoms with Gasteiger partial charge in [0.2, 0.25) is 0 Å². The number of hydrogen-bond donors (Lipinski definition) is 1. The van der Waals surface area contributed by atoms with Crippen LogP contribution in [0.4, 0.5) is 13.2 Å². The lowest BCUT2D eigenvalue weighted by Crippen LogP contribution is -2.21. The summed E-state index contributed by atoms with van der Waals surface area (Å²) in [4.78, 5) is 1.28. The molecule has 9 heteroatoms. The topological polar surface area (TPSA) is 77.4 Å². The maximum atomic E-state index is 10.7. The minimum Gasteiger partial charge on any atom is -0.741 e. The van der Waals surface area contributed by atoms with Crippen LogP contribution in [0.3, 0.4) is 0 Å². The molecule has 0 saturated carbocycles. The summed E-state index contributed by atoms with van der Waals surface area (Å²) >= 11 is 0. The van der Waals surface area contributed by atoms with Gasteiger partial charge in [0.25, 0.3) is 0 Å². The lowest BCUT2D eigenvalue weighted by Gasteiger charge is -2.08. The van der Waals surface area contributed by atoms with Crippen LogP contribution in [-0.4, -0.2) is 23.6 Å². The van der Waals surface area contributed by atoms with Gasteiger partial charge in [-0.15, -0.1) is 0 Å². The van der Waals surface area contributed by atoms with E-state index in [9.17, 15) is 18.3 Å². The van der Waals surface area contributed by atoms with Crippen LogP contribution in [-0.2, 0) is 10.1 Å². The Morgan fingerprint density at radius 2 is 1.23 bits per heavy atom. The first-order valence-electron chi connectivity index (χ1n) is 8.67. The summed E-state index contributed by atoms with van der Waals surface area (Å²) < 4.78 is 61.7. The van der Waals surface area contributed by atoms with Crippen LogP contribution in [0.25, 0.3) is 25.1 Å². The van der Waals surface area contributed by atoms with Crippen molar-refractivity contribution in [2.24, 2.45) is 0 Å². The highest BCUT2D eigenvalue weighted by Crippen LogP contribution is 2.49. The van der Waals surface area contributed by atoms with E-state index in [4.69, 9.17) is 13.0 Å². The molecule has 0 aliphatic carbocycles. The third-order valence-corrected chi connectivity index (χ3v) is 7.35. The highest BCUT2D eigenvalue weighted by molar-refractivity contribution is 7.86. The molecule has 0 atom stereocenters. The van der Waals surface area contributed by atoms with Gasteiger partial charge in [-0.2, -0.15) is 13.2 Å². The fourth-order valence-electron chi connectivity index (χ4n) is 3.14. The number of aromatic hydroxyl groups is 1. The molecule has 0 aliphatic rings. The average Bonchev–Trinajstić information content (AvgIpc) is 2.99. The summed E-state index contributed by atoms with van der Waals surface area (Å²) in [6, 6.07) is 21.6. The first-order valence-corrected chi connectivity index (χ1v) is 11.3. The molecule has 158 valence electrons. The van der Waals surface area contributed by atoms with E-state index < -0.39 is 15.6 Å². The van der Waals surface area contributed by atoms with Gasteiger partial charge in [0, 0.05) is 33.4 Å². The fraction of sp³-hybridized carbons (Fsp3) is 0.143. The summed E-state index contributed by atoms with van der Waals surface area (Å²) in [5.74, 6) is 0.410. The van der Waals surface area contributed by atoms with Crippen molar-refractivity contribution in [3.05, 3.63) is 71.8 Å². The zero-order valence-electron chi connectivity index (χ0n) is 15.9. The molecule has 3 aromatic carbocycles. The molecule has 0 radical (unpaired) electrons. The van der Waals surface area contributed by atoms with Crippen LogP contribution in [0.15, 0.2) is 60.7 Å². The molecule has 4 nitrogen and oxygen atoms in total. The molecule has 0 spiro atoms. The van der Waals surface area contributed by atoms with Gasteiger partial charge < -0.3 is 9.66 Å². The van der Waals surface area contributed by atoms with Crippen LogP contribution in [0.5, 0.6) is 5.75 Å². The molecule has 0 bridgehead atoms. The second-order valence-corrected chi connectivity index (χ2v) is 9.94. The van der Waals surface area contributed by atoms with Crippen LogP contribution in [0.1, 0.15) is 11.1 Å². The van der Waals surface area contributed by atoms with Gasteiger partial charge in [-0.25, -0.2) is 8.42 Å². The zero-order valence-corrected chi connectivity index (χ0v) is 17.5. The number of phenols is 1. The predicted octanol–water partition coefficient (Wildman–Crippen LogP) is 6.11. The molecular formula is C21H17F3O4S2. The van der Waals surface area contributed by atoms with E-state index in [1.54, 1.807) is 0 Å². The van der Waals surface area contributed by atoms with E-state index in [0.29, 0.717) is 5.75 Å². The van der Waals surface area contributed by atoms with Gasteiger partial charge in [0.05, 0.1) is 0 Å². The number of thiophene rings is 1. The van der Waals surface area contributed by atoms with E-state index >= 15 is 0 Å². The largest absolute Gasteiger partial charge is 0.741 e. The summed E-state index contributed by atoms with van der Waals surface area (Å²) in [5.41, 5.74) is -3.75. The number of alkyl halides is 3. The Labute approximate surface area is 173 Å². The van der Waals surface area contributed by atoms with Gasteiger partial charge in [-0.3, -0.25) is 0 Å². The number of benzene rings is 3. The lowest BCUT2D eigenvalue weighted by atomic mass is 10.1. The molecule has 1 aromatic heterocycles. The number of aryl methyl sites for hydroxylation is 2. The maximum Gasteiger partial charge on any atom is 0.485 e. The highest BCUT2D eigenvalue weighted by atomic mass is 32.2. The fourth-order valence-corrected chi connectivity index (χ4v) is 5.70. The first-order chi connectivity index (χ1) is 13.9. The van der Waals surface area contributed by atoms with E-state index in [-0.39, 0.29) is 10.5 Å². The van der Waals surface area contributed by atoms with E-state index in [0.717, 1.165) is 11.1 Å². The number of hydrogen-bond acceptors (Lipinski definition) is 4. The molecule has 1 heterocycles. The second kappa shape index (κ2) is 7.90. The lowest BCUT2D eigenvalue weighted by molar-refractivity contribution is -0.0517. The molecule has 4 rings (SSSR count). The number of halogens is 3. The molecule has 1 N–H and O–H groups in total. The average molecular weight is 454 g/mol. The smallest absolute Gasteiger partial charge is 0.485 e. The van der Waals surface area contributed by atoms with Crippen molar-refractivity contribution in [3.8, 4) is 10.6 Å². The minimum atomic E-state index is -6.09. The van der Waals surface area contributed by atoms with Crippen molar-refractivity contribution in [1.29, 1.82) is 0 Å². The zero-order chi connectivity index (χ0) is 22.3. The molecule has 0 saturated heterocycles. The molecule has 0 amide bonds. The third-order valence-electron chi connectivity index (χ3n) is 4.49. The van der Waals surface area contributed by atoms with E-state index in [1.165, 1.54) is 25.1 Å². The summed E-state index contributed by atoms with van der Waals surface area (Å²) in [5, 5.41) is 12.7. The van der Waals surface area contributed by atoms with Crippen molar-refractivity contribution >= 4 is 40.8 Å². The minimum absolute atomic E-state index is 0.0805. The third kappa shape index (κ3) is 4.14. The molecule has 0 unspecified atom stereocenters. The Balaban J connectivity index is 0.000000275. The van der Waals surface area contributed by atoms with Gasteiger partial charge in [0.15, 0.2) is 24.4 Å². The summed E-state index contributed by atoms with van der Waals surface area (Å²) in [6.45, 7) is 3.95. The van der Waals surface area contributed by atoms with Crippen molar-refractivity contribution < 1.29 is 31.2 Å². The number of fused-ring (bicyclic) bond motifs is 3. The predicted molar refractivity (Wildman–Crippen MR) is 112 cm³/mol. The standard InChI is InChI=1S/C20H16OS.CHF3O3S/c1-13-11-15(12-14(2)20(13)21)22-18-9-5-3-7-16(18)17-8-4-6-10-19(17)22;2-1(3,4)8(5,6)7/h3-12H,1-2H3;(H,5,6,7). The molecule has 0 aliphatic heterocycles. The quantitative estimate of drug-likeness (QED) is 0.214. The molecular weight excluding hydrogens is 437 g/mol. The van der Waals surface area contributed by atoms with Crippen LogP contribution in [0, 0.1) is 13.8 Å². The monoisotopic (exact) mass is 454 g/mol. The second-order valence-electron chi connectivity index (χ2n) is 6.60. The first kappa shape index (κ1) is 22.1. The Morgan fingerprint density at radius 3 is 1.60 bits per heavy atom. The molecule has 4 aromatic rings. The van der Waals surface area contributed by atoms with Gasteiger partial charge in [0.1, 0.15) is 5.75 Å². The van der Waals surface area contributed by atoms with Crippen LogP contribution < -0.4 is 0 Å². The Morgan fingerprint density at radius 1 is 0.867 bits per heavy atom. The van der Waals surface area contributed by atoms with Crippen molar-refractivity contribution in [3.63, 3.8) is 0 Å². The van der Waals surface area contributed by atoms with Crippen LogP contribution >= 0.6 is 10.5 Å². The Kier molecular flexibility index (Phi) is 5.81. The summed E-state index contributed by atoms with van der Waals surface area (Å²) in [6.07, 6.45) is 0. The highest BCUT2D eigenvalue weighted by Gasteiger charge is 2.36. The van der Waals surface area contributed by atoms with Crippen molar-refractivity contribution in [2.75, 3.05) is 0 Å². The van der Waals surface area contributed by atoms with Crippen LogP contribution in [0.2, 0.25) is 0 Å². The SMILES string of the molecule is Cc1cc(-[s+]2c3ccccc3c3ccccc32)cc(C)c1O.O=S(=O)([O-])C(F)(F)F. The van der Waals surface area contributed by atoms with E-state index in [1.807, 2.05) is 13.8 Å². The van der Waals surface area contributed by atoms with Crippen molar-refractivity contribution in [2.45, 2.75) is 19.4 Å². The summed E-state index contributed by atoms with van der Waals surface area (Å²) in [7, 11) is -6.17. The Bertz CT molecular complexity index is 1260. The van der Waals surface area contributed by atoms with Gasteiger partial charge >= 0.3 is 5.51 Å². The number of rotatable bonds is 1. The number of phenolic OH excluding ortho intramolecular Hbond substituents is 1. The normalized spacial score (nSPS) is 12.1. The van der Waals surface area contributed by atoms with Gasteiger partial charge in [-0.1, -0.05) is 24.3 Å². The van der Waals surface area contributed by atoms with Gasteiger partial charge in [-0.05, 0) is 49.2 Å². The maximum absolute atomic E-state index is 10.7.